The molecule has 0 aromatic rings. The first kappa shape index (κ1) is 10.6. The fourth-order valence-corrected chi connectivity index (χ4v) is 2.34. The van der Waals surface area contributed by atoms with Gasteiger partial charge in [0.25, 0.3) is 0 Å². The zero-order valence-electron chi connectivity index (χ0n) is 9.66. The van der Waals surface area contributed by atoms with Crippen molar-refractivity contribution in [3.05, 3.63) is 23.4 Å². The molecule has 2 heterocycles. The lowest BCUT2D eigenvalue weighted by atomic mass is 9.94. The number of piperidine rings is 1. The summed E-state index contributed by atoms with van der Waals surface area (Å²) in [5, 5.41) is 3.45. The van der Waals surface area contributed by atoms with E-state index >= 15 is 0 Å². The molecule has 0 radical (unpaired) electrons. The van der Waals surface area contributed by atoms with Gasteiger partial charge >= 0.3 is 0 Å². The molecule has 0 aromatic heterocycles. The Balaban J connectivity index is 2.11. The van der Waals surface area contributed by atoms with Gasteiger partial charge in [-0.25, -0.2) is 0 Å². The summed E-state index contributed by atoms with van der Waals surface area (Å²) < 4.78 is 0. The smallest absolute Gasteiger partial charge is 0.0413 e. The molecular weight excluding hydrogens is 184 g/mol. The summed E-state index contributed by atoms with van der Waals surface area (Å²) in [5.74, 6) is 1.14. The molecule has 2 heteroatoms. The maximum Gasteiger partial charge on any atom is 0.0413 e. The Labute approximate surface area is 92.2 Å². The Kier molecular flexibility index (Phi) is 3.37. The summed E-state index contributed by atoms with van der Waals surface area (Å²) in [4.78, 5) is 4.61. The average molecular weight is 204 g/mol. The highest BCUT2D eigenvalue weighted by molar-refractivity contribution is 5.79. The van der Waals surface area contributed by atoms with Crippen LogP contribution in [0, 0.1) is 11.8 Å². The summed E-state index contributed by atoms with van der Waals surface area (Å²) in [5.41, 5.74) is 2.56. The predicted molar refractivity (Wildman–Crippen MR) is 65.1 cm³/mol. The molecule has 0 aromatic carbocycles. The SMILES string of the molecule is CC1=CC(C)C=C(C2CCCNC2)N=C1. The molecule has 1 saturated heterocycles. The summed E-state index contributed by atoms with van der Waals surface area (Å²) in [6.07, 6.45) is 9.14. The molecule has 2 unspecified atom stereocenters. The minimum atomic E-state index is 0.518. The van der Waals surface area contributed by atoms with Gasteiger partial charge < -0.3 is 5.32 Å². The third kappa shape index (κ3) is 2.78. The molecule has 2 aliphatic heterocycles. The second-order valence-corrected chi connectivity index (χ2v) is 4.66. The molecule has 2 aliphatic rings. The van der Waals surface area contributed by atoms with Gasteiger partial charge in [-0.05, 0) is 37.8 Å². The van der Waals surface area contributed by atoms with Crippen LogP contribution in [0.2, 0.25) is 0 Å². The molecule has 2 nitrogen and oxygen atoms in total. The quantitative estimate of drug-likeness (QED) is 0.697. The summed E-state index contributed by atoms with van der Waals surface area (Å²) in [6, 6.07) is 0. The fraction of sp³-hybridized carbons (Fsp3) is 0.615. The molecular formula is C13H20N2. The van der Waals surface area contributed by atoms with Gasteiger partial charge in [0.1, 0.15) is 0 Å². The Morgan fingerprint density at radius 1 is 1.40 bits per heavy atom. The van der Waals surface area contributed by atoms with E-state index in [2.05, 4.69) is 36.3 Å². The molecule has 0 spiro atoms. The van der Waals surface area contributed by atoms with Crippen LogP contribution < -0.4 is 5.32 Å². The zero-order chi connectivity index (χ0) is 10.7. The van der Waals surface area contributed by atoms with Gasteiger partial charge in [-0.1, -0.05) is 19.1 Å². The van der Waals surface area contributed by atoms with Gasteiger partial charge in [0.05, 0.1) is 0 Å². The number of aliphatic imine (C=N–C) groups is 1. The minimum Gasteiger partial charge on any atom is -0.316 e. The van der Waals surface area contributed by atoms with Crippen LogP contribution in [0.5, 0.6) is 0 Å². The number of hydrogen-bond donors (Lipinski definition) is 1. The molecule has 2 atom stereocenters. The molecule has 0 saturated carbocycles. The van der Waals surface area contributed by atoms with Gasteiger partial charge in [0.15, 0.2) is 0 Å². The topological polar surface area (TPSA) is 24.4 Å². The second kappa shape index (κ2) is 4.75. The van der Waals surface area contributed by atoms with Crippen molar-refractivity contribution in [1.82, 2.24) is 5.32 Å². The minimum absolute atomic E-state index is 0.518. The number of nitrogens with zero attached hydrogens (tertiary/aromatic N) is 1. The lowest BCUT2D eigenvalue weighted by molar-refractivity contribution is 0.418. The van der Waals surface area contributed by atoms with E-state index in [9.17, 15) is 0 Å². The van der Waals surface area contributed by atoms with E-state index in [1.807, 2.05) is 6.21 Å². The highest BCUT2D eigenvalue weighted by atomic mass is 14.9. The van der Waals surface area contributed by atoms with Gasteiger partial charge in [-0.3, -0.25) is 4.99 Å². The number of nitrogens with one attached hydrogen (secondary N) is 1. The fourth-order valence-electron chi connectivity index (χ4n) is 2.34. The Morgan fingerprint density at radius 3 is 3.00 bits per heavy atom. The third-order valence-electron chi connectivity index (χ3n) is 3.09. The zero-order valence-corrected chi connectivity index (χ0v) is 9.66. The Morgan fingerprint density at radius 2 is 2.27 bits per heavy atom. The first-order chi connectivity index (χ1) is 7.25. The molecule has 2 rings (SSSR count). The Hall–Kier alpha value is -0.890. The van der Waals surface area contributed by atoms with Crippen molar-refractivity contribution in [3.8, 4) is 0 Å². The number of rotatable bonds is 1. The first-order valence-electron chi connectivity index (χ1n) is 5.90. The van der Waals surface area contributed by atoms with Gasteiger partial charge in [0, 0.05) is 24.4 Å². The molecule has 1 fully saturated rings. The van der Waals surface area contributed by atoms with Crippen molar-refractivity contribution in [2.75, 3.05) is 13.1 Å². The predicted octanol–water partition coefficient (Wildman–Crippen LogP) is 2.54. The van der Waals surface area contributed by atoms with E-state index in [-0.39, 0.29) is 0 Å². The monoisotopic (exact) mass is 204 g/mol. The summed E-state index contributed by atoms with van der Waals surface area (Å²) in [6.45, 7) is 6.61. The summed E-state index contributed by atoms with van der Waals surface area (Å²) >= 11 is 0. The van der Waals surface area contributed by atoms with E-state index in [1.54, 1.807) is 0 Å². The van der Waals surface area contributed by atoms with E-state index < -0.39 is 0 Å². The van der Waals surface area contributed by atoms with Crippen LogP contribution in [-0.4, -0.2) is 19.3 Å². The maximum atomic E-state index is 4.61. The van der Waals surface area contributed by atoms with Crippen molar-refractivity contribution in [2.45, 2.75) is 26.7 Å². The van der Waals surface area contributed by atoms with Crippen molar-refractivity contribution < 1.29 is 0 Å². The van der Waals surface area contributed by atoms with Gasteiger partial charge in [0.2, 0.25) is 0 Å². The highest BCUT2D eigenvalue weighted by Gasteiger charge is 2.18. The lowest BCUT2D eigenvalue weighted by Gasteiger charge is -2.23. The number of hydrogen-bond acceptors (Lipinski definition) is 2. The van der Waals surface area contributed by atoms with E-state index in [1.165, 1.54) is 30.7 Å². The van der Waals surface area contributed by atoms with Crippen LogP contribution in [0.4, 0.5) is 0 Å². The third-order valence-corrected chi connectivity index (χ3v) is 3.09. The van der Waals surface area contributed by atoms with Crippen LogP contribution in [0.1, 0.15) is 26.7 Å². The second-order valence-electron chi connectivity index (χ2n) is 4.66. The lowest BCUT2D eigenvalue weighted by Crippen LogP contribution is -2.30. The van der Waals surface area contributed by atoms with Crippen molar-refractivity contribution >= 4 is 6.21 Å². The Bertz CT molecular complexity index is 306. The first-order valence-corrected chi connectivity index (χ1v) is 5.90. The van der Waals surface area contributed by atoms with Crippen molar-refractivity contribution in [1.29, 1.82) is 0 Å². The van der Waals surface area contributed by atoms with Crippen LogP contribution >= 0.6 is 0 Å². The molecule has 0 aliphatic carbocycles. The highest BCUT2D eigenvalue weighted by Crippen LogP contribution is 2.24. The van der Waals surface area contributed by atoms with Crippen LogP contribution in [0.3, 0.4) is 0 Å². The molecule has 0 bridgehead atoms. The van der Waals surface area contributed by atoms with Crippen LogP contribution in [0.25, 0.3) is 0 Å². The number of allylic oxidation sites excluding steroid dienone is 3. The van der Waals surface area contributed by atoms with E-state index in [4.69, 9.17) is 0 Å². The largest absolute Gasteiger partial charge is 0.316 e. The molecule has 82 valence electrons. The van der Waals surface area contributed by atoms with Crippen LogP contribution in [0.15, 0.2) is 28.4 Å². The molecule has 15 heavy (non-hydrogen) atoms. The van der Waals surface area contributed by atoms with E-state index in [0.717, 1.165) is 6.54 Å². The summed E-state index contributed by atoms with van der Waals surface area (Å²) in [7, 11) is 0. The molecule has 1 N–H and O–H groups in total. The average Bonchev–Trinajstić information content (AvgIpc) is 2.41. The van der Waals surface area contributed by atoms with Crippen molar-refractivity contribution in [3.63, 3.8) is 0 Å². The standard InChI is InChI=1S/C13H20N2/c1-10-6-11(2)8-15-13(7-10)12-4-3-5-14-9-12/h6-8,10,12,14H,3-5,9H2,1-2H3. The van der Waals surface area contributed by atoms with Crippen LogP contribution in [-0.2, 0) is 0 Å². The van der Waals surface area contributed by atoms with Gasteiger partial charge in [-0.2, -0.15) is 0 Å². The van der Waals surface area contributed by atoms with Gasteiger partial charge in [-0.15, -0.1) is 0 Å². The normalized spacial score (nSPS) is 31.9. The maximum absolute atomic E-state index is 4.61. The van der Waals surface area contributed by atoms with E-state index in [0.29, 0.717) is 11.8 Å². The molecule has 0 amide bonds. The van der Waals surface area contributed by atoms with Crippen molar-refractivity contribution in [2.24, 2.45) is 16.8 Å².